The first-order chi connectivity index (χ1) is 10.2. The first-order valence-electron chi connectivity index (χ1n) is 7.27. The Balaban J connectivity index is 2.23. The Morgan fingerprint density at radius 1 is 1.32 bits per heavy atom. The summed E-state index contributed by atoms with van der Waals surface area (Å²) < 4.78 is 10.1. The Hall–Kier alpha value is -2.11. The van der Waals surface area contributed by atoms with E-state index in [2.05, 4.69) is 4.98 Å². The standard InChI is InChI=1S/C16H22N2O4/c1-10-8-12(14(19)21-5)17-13-9-18(7-6-11(10)13)15(20)22-16(2,3)4/h8H,6-7,9H2,1-5H3. The van der Waals surface area contributed by atoms with Gasteiger partial charge in [0.15, 0.2) is 0 Å². The Kier molecular flexibility index (Phi) is 4.39. The molecule has 1 aromatic heterocycles. The molecule has 0 radical (unpaired) electrons. The number of carbonyl (C=O) groups excluding carboxylic acids is 2. The normalized spacial score (nSPS) is 14.3. The van der Waals surface area contributed by atoms with Gasteiger partial charge in [-0.1, -0.05) is 0 Å². The van der Waals surface area contributed by atoms with Crippen molar-refractivity contribution < 1.29 is 19.1 Å². The van der Waals surface area contributed by atoms with Crippen LogP contribution in [0.3, 0.4) is 0 Å². The highest BCUT2D eigenvalue weighted by molar-refractivity contribution is 5.87. The van der Waals surface area contributed by atoms with Gasteiger partial charge in [0.2, 0.25) is 0 Å². The number of aryl methyl sites for hydroxylation is 1. The Bertz CT molecular complexity index is 605. The van der Waals surface area contributed by atoms with Gasteiger partial charge in [-0.05, 0) is 51.3 Å². The first-order valence-corrected chi connectivity index (χ1v) is 7.27. The van der Waals surface area contributed by atoms with Crippen molar-refractivity contribution in [1.82, 2.24) is 9.88 Å². The number of fused-ring (bicyclic) bond motifs is 1. The lowest BCUT2D eigenvalue weighted by Crippen LogP contribution is -2.40. The van der Waals surface area contributed by atoms with Gasteiger partial charge < -0.3 is 14.4 Å². The number of ether oxygens (including phenoxy) is 2. The molecular formula is C16H22N2O4. The van der Waals surface area contributed by atoms with Crippen LogP contribution in [0.25, 0.3) is 0 Å². The lowest BCUT2D eigenvalue weighted by atomic mass is 9.99. The van der Waals surface area contributed by atoms with Crippen molar-refractivity contribution in [2.75, 3.05) is 13.7 Å². The molecule has 0 atom stereocenters. The van der Waals surface area contributed by atoms with Crippen LogP contribution in [0.5, 0.6) is 0 Å². The van der Waals surface area contributed by atoms with Gasteiger partial charge in [0.1, 0.15) is 11.3 Å². The molecule has 0 fully saturated rings. The van der Waals surface area contributed by atoms with Crippen LogP contribution in [0, 0.1) is 6.92 Å². The monoisotopic (exact) mass is 306 g/mol. The fourth-order valence-electron chi connectivity index (χ4n) is 2.44. The summed E-state index contributed by atoms with van der Waals surface area (Å²) in [6.07, 6.45) is 0.343. The van der Waals surface area contributed by atoms with Crippen LogP contribution in [0.1, 0.15) is 48.1 Å². The highest BCUT2D eigenvalue weighted by Crippen LogP contribution is 2.23. The van der Waals surface area contributed by atoms with Crippen molar-refractivity contribution in [3.8, 4) is 0 Å². The molecule has 0 saturated carbocycles. The van der Waals surface area contributed by atoms with E-state index in [4.69, 9.17) is 9.47 Å². The molecule has 0 spiro atoms. The number of amides is 1. The third-order valence-corrected chi connectivity index (χ3v) is 3.45. The fourth-order valence-corrected chi connectivity index (χ4v) is 2.44. The third kappa shape index (κ3) is 3.55. The van der Waals surface area contributed by atoms with E-state index in [0.717, 1.165) is 16.8 Å². The average Bonchev–Trinajstić information content (AvgIpc) is 2.43. The summed E-state index contributed by atoms with van der Waals surface area (Å²) >= 11 is 0. The van der Waals surface area contributed by atoms with Gasteiger partial charge >= 0.3 is 12.1 Å². The number of pyridine rings is 1. The molecule has 0 aromatic carbocycles. The summed E-state index contributed by atoms with van der Waals surface area (Å²) in [6, 6.07) is 1.73. The molecule has 0 N–H and O–H groups in total. The number of methoxy groups -OCH3 is 1. The van der Waals surface area contributed by atoms with E-state index in [1.54, 1.807) is 11.0 Å². The highest BCUT2D eigenvalue weighted by Gasteiger charge is 2.28. The van der Waals surface area contributed by atoms with Gasteiger partial charge in [0.25, 0.3) is 0 Å². The van der Waals surface area contributed by atoms with Crippen LogP contribution < -0.4 is 0 Å². The van der Waals surface area contributed by atoms with Crippen molar-refractivity contribution in [1.29, 1.82) is 0 Å². The number of rotatable bonds is 1. The first kappa shape index (κ1) is 16.3. The van der Waals surface area contributed by atoms with Crippen LogP contribution in [-0.2, 0) is 22.4 Å². The molecule has 1 aliphatic heterocycles. The molecule has 1 aliphatic rings. The molecule has 1 amide bonds. The van der Waals surface area contributed by atoms with E-state index >= 15 is 0 Å². The van der Waals surface area contributed by atoms with Gasteiger partial charge in [0, 0.05) is 6.54 Å². The summed E-state index contributed by atoms with van der Waals surface area (Å²) in [7, 11) is 1.33. The molecule has 0 saturated heterocycles. The number of nitrogens with zero attached hydrogens (tertiary/aromatic N) is 2. The number of esters is 1. The van der Waals surface area contributed by atoms with Gasteiger partial charge in [0.05, 0.1) is 19.3 Å². The molecular weight excluding hydrogens is 284 g/mol. The summed E-state index contributed by atoms with van der Waals surface area (Å²) in [4.78, 5) is 29.8. The Morgan fingerprint density at radius 2 is 2.00 bits per heavy atom. The molecule has 6 heteroatoms. The molecule has 1 aromatic rings. The number of carbonyl (C=O) groups is 2. The quantitative estimate of drug-likeness (QED) is 0.746. The molecule has 22 heavy (non-hydrogen) atoms. The number of hydrogen-bond donors (Lipinski definition) is 0. The maximum atomic E-state index is 12.2. The van der Waals surface area contributed by atoms with Gasteiger partial charge in [-0.3, -0.25) is 0 Å². The third-order valence-electron chi connectivity index (χ3n) is 3.45. The predicted octanol–water partition coefficient (Wildman–Crippen LogP) is 2.47. The topological polar surface area (TPSA) is 68.7 Å². The largest absolute Gasteiger partial charge is 0.464 e. The minimum Gasteiger partial charge on any atom is -0.464 e. The minimum absolute atomic E-state index is 0.268. The lowest BCUT2D eigenvalue weighted by molar-refractivity contribution is 0.0220. The van der Waals surface area contributed by atoms with E-state index in [9.17, 15) is 9.59 Å². The SMILES string of the molecule is COC(=O)c1cc(C)c2c(n1)CN(C(=O)OC(C)(C)C)CC2. The van der Waals surface area contributed by atoms with Crippen molar-refractivity contribution >= 4 is 12.1 Å². The molecule has 2 rings (SSSR count). The minimum atomic E-state index is -0.533. The second-order valence-corrected chi connectivity index (χ2v) is 6.39. The van der Waals surface area contributed by atoms with Gasteiger partial charge in [-0.15, -0.1) is 0 Å². The highest BCUT2D eigenvalue weighted by atomic mass is 16.6. The smallest absolute Gasteiger partial charge is 0.410 e. The zero-order valence-electron chi connectivity index (χ0n) is 13.7. The molecule has 0 bridgehead atoms. The van der Waals surface area contributed by atoms with Crippen LogP contribution in [-0.4, -0.2) is 41.2 Å². The molecule has 2 heterocycles. The zero-order chi connectivity index (χ0) is 16.5. The van der Waals surface area contributed by atoms with Crippen LogP contribution in [0.4, 0.5) is 4.79 Å². The van der Waals surface area contributed by atoms with E-state index in [-0.39, 0.29) is 11.8 Å². The summed E-state index contributed by atoms with van der Waals surface area (Å²) in [5.41, 5.74) is 2.55. The van der Waals surface area contributed by atoms with Crippen LogP contribution >= 0.6 is 0 Å². The van der Waals surface area contributed by atoms with Gasteiger partial charge in [-0.2, -0.15) is 0 Å². The van der Waals surface area contributed by atoms with Crippen molar-refractivity contribution in [3.05, 3.63) is 28.6 Å². The average molecular weight is 306 g/mol. The number of aromatic nitrogens is 1. The second kappa shape index (κ2) is 5.94. The molecule has 120 valence electrons. The van der Waals surface area contributed by atoms with Crippen molar-refractivity contribution in [3.63, 3.8) is 0 Å². The van der Waals surface area contributed by atoms with Crippen molar-refractivity contribution in [2.45, 2.75) is 46.3 Å². The lowest BCUT2D eigenvalue weighted by Gasteiger charge is -2.31. The van der Waals surface area contributed by atoms with E-state index in [1.165, 1.54) is 7.11 Å². The predicted molar refractivity (Wildman–Crippen MR) is 80.7 cm³/mol. The van der Waals surface area contributed by atoms with Crippen LogP contribution in [0.15, 0.2) is 6.07 Å². The Morgan fingerprint density at radius 3 is 2.59 bits per heavy atom. The van der Waals surface area contributed by atoms with Gasteiger partial charge in [-0.25, -0.2) is 14.6 Å². The molecule has 0 unspecified atom stereocenters. The van der Waals surface area contributed by atoms with E-state index in [0.29, 0.717) is 19.5 Å². The molecule has 6 nitrogen and oxygen atoms in total. The molecule has 0 aliphatic carbocycles. The maximum absolute atomic E-state index is 12.2. The van der Waals surface area contributed by atoms with Crippen molar-refractivity contribution in [2.24, 2.45) is 0 Å². The Labute approximate surface area is 130 Å². The maximum Gasteiger partial charge on any atom is 0.410 e. The fraction of sp³-hybridized carbons (Fsp3) is 0.562. The second-order valence-electron chi connectivity index (χ2n) is 6.39. The summed E-state index contributed by atoms with van der Waals surface area (Å²) in [6.45, 7) is 8.37. The number of hydrogen-bond acceptors (Lipinski definition) is 5. The zero-order valence-corrected chi connectivity index (χ0v) is 13.7. The summed E-state index contributed by atoms with van der Waals surface area (Å²) in [5, 5.41) is 0. The van der Waals surface area contributed by atoms with Crippen LogP contribution in [0.2, 0.25) is 0 Å². The van der Waals surface area contributed by atoms with E-state index in [1.807, 2.05) is 27.7 Å². The van der Waals surface area contributed by atoms with E-state index < -0.39 is 11.6 Å². The summed E-state index contributed by atoms with van der Waals surface area (Å²) in [5.74, 6) is -0.472.